The Kier molecular flexibility index (Phi) is 6.19. The molecule has 0 aromatic carbocycles. The van der Waals surface area contributed by atoms with Crippen LogP contribution in [-0.4, -0.2) is 44.7 Å². The number of nitrogens with one attached hydrogen (secondary N) is 1. The summed E-state index contributed by atoms with van der Waals surface area (Å²) in [4.78, 5) is 38.2. The van der Waals surface area contributed by atoms with Gasteiger partial charge in [-0.2, -0.15) is 0 Å². The minimum atomic E-state index is -2.18. The van der Waals surface area contributed by atoms with Gasteiger partial charge in [0.25, 0.3) is 5.56 Å². The molecule has 0 aliphatic carbocycles. The van der Waals surface area contributed by atoms with Crippen molar-refractivity contribution in [1.82, 2.24) is 9.55 Å². The Hall–Kier alpha value is -1.01. The van der Waals surface area contributed by atoms with Crippen molar-refractivity contribution in [2.45, 2.75) is 82.4 Å². The maximum Gasteiger partial charge on any atom is 0.330 e. The number of ether oxygens (including phenoxy) is 1. The van der Waals surface area contributed by atoms with Gasteiger partial charge in [0.05, 0.1) is 21.2 Å². The normalized spacial score (nSPS) is 30.8. The van der Waals surface area contributed by atoms with Crippen LogP contribution in [0.5, 0.6) is 0 Å². The van der Waals surface area contributed by atoms with Gasteiger partial charge in [-0.15, -0.1) is 0 Å². The van der Waals surface area contributed by atoms with Crippen LogP contribution >= 0.6 is 10.8 Å². The molecule has 0 spiro atoms. The molecule has 0 saturated carbocycles. The molecule has 1 N–H and O–H groups in total. The molecule has 1 aromatic rings. The fourth-order valence-electron chi connectivity index (χ4n) is 3.28. The molecule has 0 bridgehead atoms. The van der Waals surface area contributed by atoms with Gasteiger partial charge in [-0.25, -0.2) is 9.00 Å². The zero-order valence-electron chi connectivity index (χ0n) is 17.5. The van der Waals surface area contributed by atoms with Crippen molar-refractivity contribution < 1.29 is 18.2 Å². The highest BCUT2D eigenvalue weighted by atomic mass is 33.1. The summed E-state index contributed by atoms with van der Waals surface area (Å²) in [5.41, 5.74) is -0.599. The smallest absolute Gasteiger partial charge is 0.330 e. The lowest BCUT2D eigenvalue weighted by Crippen LogP contribution is -2.48. The maximum atomic E-state index is 12.5. The first-order valence-corrected chi connectivity index (χ1v) is 15.0. The van der Waals surface area contributed by atoms with E-state index in [-0.39, 0.29) is 22.7 Å². The SMILES string of the molecule is Cc1cn([C@H]2C[C@H](O[Si](C)(C)C(C)(C)C)[C@@H]([C@@H]3CC(=O)SS3=O)O2)c(=O)[nH]c1=O. The summed E-state index contributed by atoms with van der Waals surface area (Å²) in [6.45, 7) is 12.3. The molecule has 29 heavy (non-hydrogen) atoms. The van der Waals surface area contributed by atoms with Crippen LogP contribution in [-0.2, 0) is 23.8 Å². The van der Waals surface area contributed by atoms with E-state index in [4.69, 9.17) is 9.16 Å². The van der Waals surface area contributed by atoms with Crippen LogP contribution in [0.1, 0.15) is 45.4 Å². The Morgan fingerprint density at radius 3 is 2.52 bits per heavy atom. The lowest BCUT2D eigenvalue weighted by Gasteiger charge is -2.39. The molecule has 162 valence electrons. The summed E-state index contributed by atoms with van der Waals surface area (Å²) < 4.78 is 26.6. The number of nitrogens with zero attached hydrogens (tertiary/aromatic N) is 1. The molecule has 5 atom stereocenters. The van der Waals surface area contributed by atoms with E-state index in [0.717, 1.165) is 10.8 Å². The first-order chi connectivity index (χ1) is 13.3. The van der Waals surface area contributed by atoms with Gasteiger partial charge in [0.2, 0.25) is 5.12 Å². The molecule has 1 unspecified atom stereocenters. The zero-order chi connectivity index (χ0) is 21.7. The van der Waals surface area contributed by atoms with Gasteiger partial charge >= 0.3 is 5.69 Å². The topological polar surface area (TPSA) is 107 Å². The number of hydrogen-bond donors (Lipinski definition) is 1. The molecule has 2 saturated heterocycles. The molecule has 2 aliphatic heterocycles. The van der Waals surface area contributed by atoms with Gasteiger partial charge in [-0.05, 0) is 25.1 Å². The van der Waals surface area contributed by atoms with Crippen LogP contribution in [0.3, 0.4) is 0 Å². The fourth-order valence-corrected chi connectivity index (χ4v) is 7.68. The minimum absolute atomic E-state index is 0.0412. The van der Waals surface area contributed by atoms with E-state index in [1.807, 2.05) is 0 Å². The molecule has 0 radical (unpaired) electrons. The molecule has 8 nitrogen and oxygen atoms in total. The second-order valence-electron chi connectivity index (χ2n) is 9.14. The Morgan fingerprint density at radius 1 is 1.31 bits per heavy atom. The van der Waals surface area contributed by atoms with Gasteiger partial charge in [-0.3, -0.25) is 19.1 Å². The Balaban J connectivity index is 1.95. The van der Waals surface area contributed by atoms with Crippen molar-refractivity contribution in [1.29, 1.82) is 0 Å². The minimum Gasteiger partial charge on any atom is -0.411 e. The monoisotopic (exact) mass is 460 g/mol. The van der Waals surface area contributed by atoms with Crippen LogP contribution in [0.15, 0.2) is 15.8 Å². The molecular weight excluding hydrogens is 432 g/mol. The molecule has 11 heteroatoms. The second-order valence-corrected chi connectivity index (χ2v) is 17.1. The van der Waals surface area contributed by atoms with Crippen molar-refractivity contribution in [3.63, 3.8) is 0 Å². The summed E-state index contributed by atoms with van der Waals surface area (Å²) in [5, 5.41) is -0.643. The van der Waals surface area contributed by atoms with E-state index in [1.165, 1.54) is 10.8 Å². The molecule has 1 aromatic heterocycles. The number of hydrogen-bond acceptors (Lipinski definition) is 7. The Morgan fingerprint density at radius 2 is 1.97 bits per heavy atom. The predicted molar refractivity (Wildman–Crippen MR) is 116 cm³/mol. The number of aromatic nitrogens is 2. The number of carbonyl (C=O) groups is 1. The quantitative estimate of drug-likeness (QED) is 0.542. The van der Waals surface area contributed by atoms with Gasteiger partial charge < -0.3 is 9.16 Å². The van der Waals surface area contributed by atoms with E-state index in [0.29, 0.717) is 12.0 Å². The molecule has 0 amide bonds. The average molecular weight is 461 g/mol. The first kappa shape index (κ1) is 22.7. The van der Waals surface area contributed by atoms with E-state index >= 15 is 0 Å². The van der Waals surface area contributed by atoms with Crippen LogP contribution in [0, 0.1) is 6.92 Å². The van der Waals surface area contributed by atoms with Gasteiger partial charge in [0.1, 0.15) is 12.3 Å². The van der Waals surface area contributed by atoms with Gasteiger partial charge in [0.15, 0.2) is 8.32 Å². The van der Waals surface area contributed by atoms with Crippen LogP contribution in [0.4, 0.5) is 0 Å². The number of aryl methyl sites for hydroxylation is 1. The van der Waals surface area contributed by atoms with Crippen molar-refractivity contribution in [3.8, 4) is 0 Å². The van der Waals surface area contributed by atoms with Crippen LogP contribution in [0.2, 0.25) is 18.1 Å². The van der Waals surface area contributed by atoms with Gasteiger partial charge in [-0.1, -0.05) is 20.8 Å². The highest BCUT2D eigenvalue weighted by Gasteiger charge is 2.51. The second kappa shape index (κ2) is 7.91. The van der Waals surface area contributed by atoms with E-state index in [9.17, 15) is 18.6 Å². The molecule has 2 aliphatic rings. The lowest BCUT2D eigenvalue weighted by molar-refractivity contribution is -0.111. The van der Waals surface area contributed by atoms with Gasteiger partial charge in [0, 0.05) is 35.4 Å². The highest BCUT2D eigenvalue weighted by Crippen LogP contribution is 2.44. The standard InChI is InChI=1S/C18H28N2O6S2Si/c1-10-9-20(17(23)19-16(10)22)13-7-11(26-29(5,6)18(2,3)4)15(25-13)12-8-14(21)27-28(12)24/h9,11-13,15H,7-8H2,1-6H3,(H,19,22,23)/t11-,12-,13+,15-,28?/m0/s1. The van der Waals surface area contributed by atoms with Crippen molar-refractivity contribution in [3.05, 3.63) is 32.6 Å². The third kappa shape index (κ3) is 4.53. The van der Waals surface area contributed by atoms with E-state index < -0.39 is 47.0 Å². The first-order valence-electron chi connectivity index (χ1n) is 9.57. The van der Waals surface area contributed by atoms with Crippen LogP contribution < -0.4 is 11.2 Å². The highest BCUT2D eigenvalue weighted by molar-refractivity contribution is 8.76. The van der Waals surface area contributed by atoms with Crippen molar-refractivity contribution in [2.75, 3.05) is 0 Å². The summed E-state index contributed by atoms with van der Waals surface area (Å²) >= 11 is 0. The average Bonchev–Trinajstić information content (AvgIpc) is 3.12. The third-order valence-corrected chi connectivity index (χ3v) is 13.7. The summed E-state index contributed by atoms with van der Waals surface area (Å²) in [6, 6.07) is 0. The third-order valence-electron chi connectivity index (χ3n) is 5.98. The summed E-state index contributed by atoms with van der Waals surface area (Å²) in [5.74, 6) is 0. The Labute approximate surface area is 176 Å². The fraction of sp³-hybridized carbons (Fsp3) is 0.722. The van der Waals surface area contributed by atoms with Crippen molar-refractivity contribution in [2.24, 2.45) is 0 Å². The molecule has 3 rings (SSSR count). The van der Waals surface area contributed by atoms with Crippen LogP contribution in [0.25, 0.3) is 0 Å². The Bertz CT molecular complexity index is 951. The number of aromatic amines is 1. The zero-order valence-corrected chi connectivity index (χ0v) is 20.1. The molecule has 3 heterocycles. The van der Waals surface area contributed by atoms with E-state index in [1.54, 1.807) is 6.92 Å². The molecular formula is C18H28N2O6S2Si. The van der Waals surface area contributed by atoms with E-state index in [2.05, 4.69) is 38.8 Å². The number of rotatable bonds is 4. The summed E-state index contributed by atoms with van der Waals surface area (Å²) in [7, 11) is -2.75. The van der Waals surface area contributed by atoms with Crippen molar-refractivity contribution >= 4 is 34.1 Å². The number of H-pyrrole nitrogens is 1. The largest absolute Gasteiger partial charge is 0.411 e. The predicted octanol–water partition coefficient (Wildman–Crippen LogP) is 2.22. The molecule has 2 fully saturated rings. The maximum absolute atomic E-state index is 12.5. The number of carbonyl (C=O) groups excluding carboxylic acids is 1. The summed E-state index contributed by atoms with van der Waals surface area (Å²) in [6.07, 6.45) is 0.410. The lowest BCUT2D eigenvalue weighted by atomic mass is 10.1.